The minimum absolute atomic E-state index is 0. The molecular formula is C14H17BrClN3OS. The Morgan fingerprint density at radius 1 is 1.33 bits per heavy atom. The Labute approximate surface area is 142 Å². The second-order valence-electron chi connectivity index (χ2n) is 5.11. The van der Waals surface area contributed by atoms with Crippen LogP contribution in [0.25, 0.3) is 11.3 Å². The van der Waals surface area contributed by atoms with E-state index in [0.717, 1.165) is 20.6 Å². The van der Waals surface area contributed by atoms with Crippen molar-refractivity contribution in [1.82, 2.24) is 4.98 Å². The zero-order valence-electron chi connectivity index (χ0n) is 11.9. The van der Waals surface area contributed by atoms with Crippen LogP contribution in [0.15, 0.2) is 28.7 Å². The van der Waals surface area contributed by atoms with E-state index >= 15 is 0 Å². The fraction of sp³-hybridized carbons (Fsp3) is 0.286. The maximum Gasteiger partial charge on any atom is 0.245 e. The first-order chi connectivity index (χ1) is 9.27. The van der Waals surface area contributed by atoms with Crippen molar-refractivity contribution >= 4 is 50.7 Å². The molecule has 0 radical (unpaired) electrons. The summed E-state index contributed by atoms with van der Waals surface area (Å²) < 4.78 is 1.02. The highest BCUT2D eigenvalue weighted by atomic mass is 79.9. The molecule has 1 amide bonds. The number of thiazole rings is 1. The van der Waals surface area contributed by atoms with Crippen LogP contribution in [0.2, 0.25) is 0 Å². The van der Waals surface area contributed by atoms with Gasteiger partial charge in [0, 0.05) is 14.9 Å². The number of nitrogens with two attached hydrogens (primary N) is 1. The standard InChI is InChI=1S/C14H16BrN3OS.ClH/c1-8-11(9-4-6-10(15)7-5-9)17-13(20-8)18-12(19)14(2,3)16;/h4-7H,16H2,1-3H3,(H,17,18,19);1H. The van der Waals surface area contributed by atoms with Crippen molar-refractivity contribution in [1.29, 1.82) is 0 Å². The molecule has 1 heterocycles. The minimum atomic E-state index is -0.919. The first kappa shape index (κ1) is 18.1. The third-order valence-corrected chi connectivity index (χ3v) is 4.13. The Kier molecular flexibility index (Phi) is 5.92. The van der Waals surface area contributed by atoms with E-state index in [4.69, 9.17) is 5.73 Å². The molecule has 1 aromatic carbocycles. The molecule has 21 heavy (non-hydrogen) atoms. The third kappa shape index (κ3) is 4.51. The Morgan fingerprint density at radius 3 is 2.43 bits per heavy atom. The van der Waals surface area contributed by atoms with Gasteiger partial charge in [-0.1, -0.05) is 28.1 Å². The minimum Gasteiger partial charge on any atom is -0.318 e. The van der Waals surface area contributed by atoms with Crippen LogP contribution < -0.4 is 11.1 Å². The number of anilines is 1. The zero-order valence-corrected chi connectivity index (χ0v) is 15.2. The molecule has 0 aliphatic heterocycles. The molecule has 2 aromatic rings. The Hall–Kier alpha value is -0.950. The van der Waals surface area contributed by atoms with Gasteiger partial charge >= 0.3 is 0 Å². The number of aromatic nitrogens is 1. The molecule has 4 nitrogen and oxygen atoms in total. The summed E-state index contributed by atoms with van der Waals surface area (Å²) in [6, 6.07) is 7.92. The topological polar surface area (TPSA) is 68.0 Å². The highest BCUT2D eigenvalue weighted by molar-refractivity contribution is 9.10. The van der Waals surface area contributed by atoms with Crippen LogP contribution in [0, 0.1) is 6.92 Å². The zero-order chi connectivity index (χ0) is 14.9. The van der Waals surface area contributed by atoms with Gasteiger partial charge < -0.3 is 11.1 Å². The monoisotopic (exact) mass is 389 g/mol. The highest BCUT2D eigenvalue weighted by Crippen LogP contribution is 2.31. The van der Waals surface area contributed by atoms with Gasteiger partial charge in [0.1, 0.15) is 0 Å². The number of hydrogen-bond donors (Lipinski definition) is 2. The number of benzene rings is 1. The largest absolute Gasteiger partial charge is 0.318 e. The number of aryl methyl sites for hydroxylation is 1. The van der Waals surface area contributed by atoms with Crippen molar-refractivity contribution in [2.24, 2.45) is 5.73 Å². The third-order valence-electron chi connectivity index (χ3n) is 2.72. The van der Waals surface area contributed by atoms with Crippen molar-refractivity contribution in [3.05, 3.63) is 33.6 Å². The van der Waals surface area contributed by atoms with E-state index in [1.165, 1.54) is 11.3 Å². The molecule has 3 N–H and O–H groups in total. The van der Waals surface area contributed by atoms with Gasteiger partial charge in [-0.2, -0.15) is 0 Å². The van der Waals surface area contributed by atoms with Crippen LogP contribution in [0.4, 0.5) is 5.13 Å². The van der Waals surface area contributed by atoms with Crippen LogP contribution in [0.5, 0.6) is 0 Å². The molecule has 0 fully saturated rings. The first-order valence-electron chi connectivity index (χ1n) is 6.11. The van der Waals surface area contributed by atoms with Crippen molar-refractivity contribution in [2.75, 3.05) is 5.32 Å². The number of amides is 1. The fourth-order valence-corrected chi connectivity index (χ4v) is 2.68. The first-order valence-corrected chi connectivity index (χ1v) is 7.72. The van der Waals surface area contributed by atoms with E-state index in [0.29, 0.717) is 5.13 Å². The van der Waals surface area contributed by atoms with Gasteiger partial charge in [-0.05, 0) is 32.9 Å². The van der Waals surface area contributed by atoms with Crippen molar-refractivity contribution in [3.8, 4) is 11.3 Å². The molecule has 0 saturated heterocycles. The lowest BCUT2D eigenvalue weighted by atomic mass is 10.1. The Balaban J connectivity index is 0.00000220. The molecular weight excluding hydrogens is 374 g/mol. The lowest BCUT2D eigenvalue weighted by Gasteiger charge is -2.16. The lowest BCUT2D eigenvalue weighted by Crippen LogP contribution is -2.45. The Morgan fingerprint density at radius 2 is 1.90 bits per heavy atom. The second-order valence-corrected chi connectivity index (χ2v) is 7.23. The molecule has 0 aliphatic carbocycles. The summed E-state index contributed by atoms with van der Waals surface area (Å²) in [5.41, 5.74) is 6.74. The number of rotatable bonds is 3. The molecule has 0 atom stereocenters. The number of carbonyl (C=O) groups excluding carboxylic acids is 1. The average Bonchev–Trinajstić information content (AvgIpc) is 2.70. The van der Waals surface area contributed by atoms with Crippen LogP contribution in [-0.2, 0) is 4.79 Å². The molecule has 7 heteroatoms. The molecule has 0 spiro atoms. The van der Waals surface area contributed by atoms with Crippen LogP contribution in [0.3, 0.4) is 0 Å². The van der Waals surface area contributed by atoms with Gasteiger partial charge in [-0.25, -0.2) is 4.98 Å². The maximum absolute atomic E-state index is 11.9. The van der Waals surface area contributed by atoms with Gasteiger partial charge in [0.25, 0.3) is 0 Å². The second kappa shape index (κ2) is 6.87. The Bertz CT molecular complexity index is 635. The number of carbonyl (C=O) groups is 1. The number of halogens is 2. The van der Waals surface area contributed by atoms with Gasteiger partial charge in [-0.15, -0.1) is 23.7 Å². The van der Waals surface area contributed by atoms with Gasteiger partial charge in [0.15, 0.2) is 5.13 Å². The molecule has 1 aromatic heterocycles. The summed E-state index contributed by atoms with van der Waals surface area (Å²) in [5, 5.41) is 3.33. The molecule has 0 saturated carbocycles. The normalized spacial score (nSPS) is 10.9. The summed E-state index contributed by atoms with van der Waals surface area (Å²) in [4.78, 5) is 17.4. The van der Waals surface area contributed by atoms with Gasteiger partial charge in [-0.3, -0.25) is 4.79 Å². The molecule has 2 rings (SSSR count). The number of nitrogens with one attached hydrogen (secondary N) is 1. The maximum atomic E-state index is 11.9. The van der Waals surface area contributed by atoms with Crippen LogP contribution in [0.1, 0.15) is 18.7 Å². The van der Waals surface area contributed by atoms with Crippen LogP contribution >= 0.6 is 39.7 Å². The molecule has 0 aliphatic rings. The summed E-state index contributed by atoms with van der Waals surface area (Å²) in [6.45, 7) is 5.31. The van der Waals surface area contributed by atoms with E-state index in [2.05, 4.69) is 26.2 Å². The summed E-state index contributed by atoms with van der Waals surface area (Å²) in [5.74, 6) is -0.242. The van der Waals surface area contributed by atoms with E-state index in [1.54, 1.807) is 13.8 Å². The van der Waals surface area contributed by atoms with E-state index in [1.807, 2.05) is 31.2 Å². The lowest BCUT2D eigenvalue weighted by molar-refractivity contribution is -0.120. The van der Waals surface area contributed by atoms with Crippen molar-refractivity contribution < 1.29 is 4.79 Å². The molecule has 114 valence electrons. The van der Waals surface area contributed by atoms with E-state index in [9.17, 15) is 4.79 Å². The molecule has 0 bridgehead atoms. The predicted octanol–water partition coefficient (Wildman–Crippen LogP) is 3.98. The van der Waals surface area contributed by atoms with E-state index < -0.39 is 5.54 Å². The quantitative estimate of drug-likeness (QED) is 0.833. The number of hydrogen-bond acceptors (Lipinski definition) is 4. The average molecular weight is 391 g/mol. The van der Waals surface area contributed by atoms with E-state index in [-0.39, 0.29) is 18.3 Å². The number of nitrogens with zero attached hydrogens (tertiary/aromatic N) is 1. The van der Waals surface area contributed by atoms with Gasteiger partial charge in [0.05, 0.1) is 11.2 Å². The van der Waals surface area contributed by atoms with Gasteiger partial charge in [0.2, 0.25) is 5.91 Å². The predicted molar refractivity (Wildman–Crippen MR) is 94.1 cm³/mol. The summed E-state index contributed by atoms with van der Waals surface area (Å²) >= 11 is 4.86. The molecule has 0 unspecified atom stereocenters. The SMILES string of the molecule is Cc1sc(NC(=O)C(C)(C)N)nc1-c1ccc(Br)cc1.Cl. The fourth-order valence-electron chi connectivity index (χ4n) is 1.58. The smallest absolute Gasteiger partial charge is 0.245 e. The van der Waals surface area contributed by atoms with Crippen LogP contribution in [-0.4, -0.2) is 16.4 Å². The van der Waals surface area contributed by atoms with Crippen molar-refractivity contribution in [3.63, 3.8) is 0 Å². The summed E-state index contributed by atoms with van der Waals surface area (Å²) in [7, 11) is 0. The highest BCUT2D eigenvalue weighted by Gasteiger charge is 2.23. The van der Waals surface area contributed by atoms with Crippen molar-refractivity contribution in [2.45, 2.75) is 26.3 Å². The summed E-state index contributed by atoms with van der Waals surface area (Å²) in [6.07, 6.45) is 0.